The highest BCUT2D eigenvalue weighted by molar-refractivity contribution is 5.69. The molecule has 0 spiro atoms. The van der Waals surface area contributed by atoms with Crippen molar-refractivity contribution in [1.29, 1.82) is 0 Å². The van der Waals surface area contributed by atoms with Crippen LogP contribution >= 0.6 is 0 Å². The number of aromatic nitrogens is 2. The second-order valence-corrected chi connectivity index (χ2v) is 7.32. The SMILES string of the molecule is C=CCCCCCCCCC(=O)OC[C@H]1O[C@@H](n2cc(F)c(=O)[nH]c2=O)[C@H](O)[C@@H]1O. The molecule has 4 atom stereocenters. The van der Waals surface area contributed by atoms with E-state index in [9.17, 15) is 29.0 Å². The molecule has 1 aromatic rings. The van der Waals surface area contributed by atoms with Gasteiger partial charge < -0.3 is 19.7 Å². The van der Waals surface area contributed by atoms with Crippen LogP contribution < -0.4 is 11.2 Å². The van der Waals surface area contributed by atoms with Gasteiger partial charge in [-0.1, -0.05) is 31.8 Å². The molecule has 1 aromatic heterocycles. The molecular weight excluding hydrogens is 399 g/mol. The van der Waals surface area contributed by atoms with Crippen molar-refractivity contribution < 1.29 is 28.9 Å². The number of rotatable bonds is 12. The summed E-state index contributed by atoms with van der Waals surface area (Å²) in [5.74, 6) is -1.70. The lowest BCUT2D eigenvalue weighted by Gasteiger charge is -2.16. The second-order valence-electron chi connectivity index (χ2n) is 7.32. The minimum absolute atomic E-state index is 0.228. The van der Waals surface area contributed by atoms with E-state index in [0.717, 1.165) is 38.5 Å². The van der Waals surface area contributed by atoms with Crippen LogP contribution in [0.2, 0.25) is 0 Å². The summed E-state index contributed by atoms with van der Waals surface area (Å²) in [6.45, 7) is 3.36. The second kappa shape index (κ2) is 11.8. The summed E-state index contributed by atoms with van der Waals surface area (Å²) < 4.78 is 24.6. The molecule has 10 heteroatoms. The van der Waals surface area contributed by atoms with Gasteiger partial charge in [0.05, 0.1) is 6.20 Å². The van der Waals surface area contributed by atoms with Crippen molar-refractivity contribution in [3.05, 3.63) is 45.5 Å². The molecule has 9 nitrogen and oxygen atoms in total. The monoisotopic (exact) mass is 428 g/mol. The van der Waals surface area contributed by atoms with E-state index in [1.54, 1.807) is 4.98 Å². The maximum Gasteiger partial charge on any atom is 0.330 e. The molecular formula is C20H29FN2O7. The van der Waals surface area contributed by atoms with Gasteiger partial charge in [0.25, 0.3) is 5.56 Å². The normalized spacial score (nSPS) is 23.4. The quantitative estimate of drug-likeness (QED) is 0.258. The molecule has 30 heavy (non-hydrogen) atoms. The van der Waals surface area contributed by atoms with E-state index in [1.807, 2.05) is 6.08 Å². The molecule has 0 radical (unpaired) electrons. The number of esters is 1. The van der Waals surface area contributed by atoms with Crippen molar-refractivity contribution in [2.45, 2.75) is 75.9 Å². The van der Waals surface area contributed by atoms with Crippen molar-refractivity contribution in [2.75, 3.05) is 6.61 Å². The number of aliphatic hydroxyl groups excluding tert-OH is 2. The average Bonchev–Trinajstić information content (AvgIpc) is 2.99. The standard InChI is InChI=1S/C20H29FN2O7/c1-2-3-4-5-6-7-8-9-10-15(24)29-12-14-16(25)17(26)19(30-14)23-11-13(21)18(27)22-20(23)28/h2,11,14,16-17,19,25-26H,1,3-10,12H2,(H,22,27,28)/t14-,16-,17-,19-/m1/s1. The number of unbranched alkanes of at least 4 members (excludes halogenated alkanes) is 6. The number of aliphatic hydroxyl groups is 2. The zero-order valence-electron chi connectivity index (χ0n) is 16.8. The number of ether oxygens (including phenoxy) is 2. The Morgan fingerprint density at radius 1 is 1.20 bits per heavy atom. The summed E-state index contributed by atoms with van der Waals surface area (Å²) in [6.07, 6.45) is 4.18. The molecule has 1 aliphatic rings. The minimum Gasteiger partial charge on any atom is -0.463 e. The molecule has 0 amide bonds. The van der Waals surface area contributed by atoms with E-state index >= 15 is 0 Å². The number of nitrogens with one attached hydrogen (secondary N) is 1. The molecule has 0 aromatic carbocycles. The Balaban J connectivity index is 1.75. The molecule has 0 saturated carbocycles. The van der Waals surface area contributed by atoms with E-state index in [4.69, 9.17) is 9.47 Å². The zero-order chi connectivity index (χ0) is 22.1. The largest absolute Gasteiger partial charge is 0.463 e. The van der Waals surface area contributed by atoms with Crippen molar-refractivity contribution in [2.24, 2.45) is 0 Å². The molecule has 0 aliphatic carbocycles. The summed E-state index contributed by atoms with van der Waals surface area (Å²) >= 11 is 0. The maximum atomic E-state index is 13.5. The lowest BCUT2D eigenvalue weighted by Crippen LogP contribution is -2.38. The molecule has 0 bridgehead atoms. The van der Waals surface area contributed by atoms with Crippen molar-refractivity contribution >= 4 is 5.97 Å². The number of carbonyl (C=O) groups is 1. The first-order valence-electron chi connectivity index (χ1n) is 10.1. The topological polar surface area (TPSA) is 131 Å². The Labute approximate surface area is 173 Å². The van der Waals surface area contributed by atoms with Gasteiger partial charge in [0.15, 0.2) is 6.23 Å². The van der Waals surface area contributed by atoms with Gasteiger partial charge >= 0.3 is 11.7 Å². The van der Waals surface area contributed by atoms with E-state index in [-0.39, 0.29) is 13.0 Å². The third-order valence-electron chi connectivity index (χ3n) is 4.98. The average molecular weight is 428 g/mol. The van der Waals surface area contributed by atoms with Gasteiger partial charge in [-0.15, -0.1) is 6.58 Å². The highest BCUT2D eigenvalue weighted by atomic mass is 19.1. The van der Waals surface area contributed by atoms with Crippen LogP contribution in [0.3, 0.4) is 0 Å². The first-order chi connectivity index (χ1) is 14.3. The van der Waals surface area contributed by atoms with Crippen LogP contribution in [0.25, 0.3) is 0 Å². The smallest absolute Gasteiger partial charge is 0.330 e. The van der Waals surface area contributed by atoms with Crippen LogP contribution in [0.4, 0.5) is 4.39 Å². The van der Waals surface area contributed by atoms with Gasteiger partial charge in [0, 0.05) is 6.42 Å². The fraction of sp³-hybridized carbons (Fsp3) is 0.650. The third kappa shape index (κ3) is 6.61. The van der Waals surface area contributed by atoms with E-state index in [1.165, 1.54) is 0 Å². The van der Waals surface area contributed by atoms with Crippen molar-refractivity contribution in [3.63, 3.8) is 0 Å². The number of halogens is 1. The molecule has 168 valence electrons. The summed E-state index contributed by atoms with van der Waals surface area (Å²) in [7, 11) is 0. The number of allylic oxidation sites excluding steroid dienone is 1. The van der Waals surface area contributed by atoms with Crippen LogP contribution in [-0.4, -0.2) is 50.7 Å². The van der Waals surface area contributed by atoms with Crippen LogP contribution in [0, 0.1) is 5.82 Å². The van der Waals surface area contributed by atoms with Crippen molar-refractivity contribution in [3.8, 4) is 0 Å². The first kappa shape index (κ1) is 24.0. The molecule has 1 saturated heterocycles. The highest BCUT2D eigenvalue weighted by Crippen LogP contribution is 2.28. The van der Waals surface area contributed by atoms with E-state index in [0.29, 0.717) is 17.2 Å². The van der Waals surface area contributed by atoms with Crippen molar-refractivity contribution in [1.82, 2.24) is 9.55 Å². The maximum absolute atomic E-state index is 13.5. The van der Waals surface area contributed by atoms with Gasteiger partial charge in [-0.05, 0) is 19.3 Å². The summed E-state index contributed by atoms with van der Waals surface area (Å²) in [5, 5.41) is 20.2. The van der Waals surface area contributed by atoms with Gasteiger partial charge in [-0.3, -0.25) is 19.1 Å². The molecule has 1 fully saturated rings. The Kier molecular flexibility index (Phi) is 9.41. The molecule has 0 unspecified atom stereocenters. The Morgan fingerprint density at radius 3 is 2.57 bits per heavy atom. The minimum atomic E-state index is -1.57. The summed E-state index contributed by atoms with van der Waals surface area (Å²) in [6, 6.07) is 0. The Hall–Kier alpha value is -2.30. The third-order valence-corrected chi connectivity index (χ3v) is 4.98. The lowest BCUT2D eigenvalue weighted by atomic mass is 10.1. The van der Waals surface area contributed by atoms with Crippen LogP contribution in [0.1, 0.15) is 57.6 Å². The number of carbonyl (C=O) groups excluding carboxylic acids is 1. The van der Waals surface area contributed by atoms with Crippen LogP contribution in [0.5, 0.6) is 0 Å². The summed E-state index contributed by atoms with van der Waals surface area (Å²) in [5.41, 5.74) is -2.20. The molecule has 2 heterocycles. The fourth-order valence-electron chi connectivity index (χ4n) is 3.26. The summed E-state index contributed by atoms with van der Waals surface area (Å²) in [4.78, 5) is 36.6. The number of nitrogens with zero attached hydrogens (tertiary/aromatic N) is 1. The predicted molar refractivity (Wildman–Crippen MR) is 105 cm³/mol. The molecule has 3 N–H and O–H groups in total. The van der Waals surface area contributed by atoms with Gasteiger partial charge in [-0.2, -0.15) is 4.39 Å². The predicted octanol–water partition coefficient (Wildman–Crippen LogP) is 1.14. The Morgan fingerprint density at radius 2 is 1.87 bits per heavy atom. The van der Waals surface area contributed by atoms with Gasteiger partial charge in [-0.25, -0.2) is 4.79 Å². The van der Waals surface area contributed by atoms with Gasteiger partial charge in [0.1, 0.15) is 24.9 Å². The van der Waals surface area contributed by atoms with Crippen LogP contribution in [0.15, 0.2) is 28.4 Å². The molecule has 2 rings (SSSR count). The highest BCUT2D eigenvalue weighted by Gasteiger charge is 2.44. The number of hydrogen-bond donors (Lipinski definition) is 3. The fourth-order valence-corrected chi connectivity index (χ4v) is 3.26. The zero-order valence-corrected chi connectivity index (χ0v) is 16.8. The van der Waals surface area contributed by atoms with Crippen LogP contribution in [-0.2, 0) is 14.3 Å². The Bertz CT molecular complexity index is 822. The number of hydrogen-bond acceptors (Lipinski definition) is 7. The van der Waals surface area contributed by atoms with E-state index in [2.05, 4.69) is 6.58 Å². The lowest BCUT2D eigenvalue weighted by molar-refractivity contribution is -0.150. The molecule has 1 aliphatic heterocycles. The number of aromatic amines is 1. The van der Waals surface area contributed by atoms with Gasteiger partial charge in [0.2, 0.25) is 5.82 Å². The first-order valence-corrected chi connectivity index (χ1v) is 10.1. The van der Waals surface area contributed by atoms with E-state index < -0.39 is 47.6 Å². The number of H-pyrrole nitrogens is 1.